The predicted octanol–water partition coefficient (Wildman–Crippen LogP) is 4.22. The highest BCUT2D eigenvalue weighted by molar-refractivity contribution is 5.57. The Balaban J connectivity index is 2.02. The molecule has 0 bridgehead atoms. The second-order valence-corrected chi connectivity index (χ2v) is 5.54. The van der Waals surface area contributed by atoms with Gasteiger partial charge in [-0.05, 0) is 17.7 Å². The number of imidazole rings is 1. The zero-order valence-electron chi connectivity index (χ0n) is 14.8. The number of ether oxygens (including phenoxy) is 3. The number of hydrogen-bond acceptors (Lipinski definition) is 6. The number of aromatic nitrogens is 2. The molecule has 2 N–H and O–H groups in total. The lowest BCUT2D eigenvalue weighted by Gasteiger charge is -2.16. The molecule has 0 saturated heterocycles. The van der Waals surface area contributed by atoms with Crippen molar-refractivity contribution in [2.24, 2.45) is 5.11 Å². The van der Waals surface area contributed by atoms with Crippen LogP contribution in [0.5, 0.6) is 17.2 Å². The van der Waals surface area contributed by atoms with Gasteiger partial charge in [0.1, 0.15) is 11.9 Å². The number of hydrogen-bond donors (Lipinski definition) is 2. The molecule has 1 aromatic heterocycles. The summed E-state index contributed by atoms with van der Waals surface area (Å²) in [7, 11) is 4.66. The zero-order chi connectivity index (χ0) is 18.5. The van der Waals surface area contributed by atoms with Gasteiger partial charge < -0.3 is 19.2 Å². The van der Waals surface area contributed by atoms with Gasteiger partial charge in [-0.1, -0.05) is 30.3 Å². The van der Waals surface area contributed by atoms with Crippen LogP contribution in [-0.4, -0.2) is 31.3 Å². The summed E-state index contributed by atoms with van der Waals surface area (Å²) in [4.78, 5) is 7.66. The van der Waals surface area contributed by atoms with Crippen molar-refractivity contribution >= 4 is 0 Å². The van der Waals surface area contributed by atoms with E-state index in [-0.39, 0.29) is 0 Å². The minimum absolute atomic E-state index is 0.497. The highest BCUT2D eigenvalue weighted by Crippen LogP contribution is 2.41. The smallest absolute Gasteiger partial charge is 0.203 e. The molecule has 2 aromatic carbocycles. The van der Waals surface area contributed by atoms with Crippen LogP contribution >= 0.6 is 0 Å². The van der Waals surface area contributed by atoms with Crippen LogP contribution in [-0.2, 0) is 0 Å². The number of nitrogens with one attached hydrogen (secondary N) is 2. The number of nitrogens with zero attached hydrogens (tertiary/aromatic N) is 2. The standard InChI is InChI=1S/C19H20N4O3/c1-24-15-9-13(10-16(25-2)18(15)26-3)17(23-20)14-11-21-19(22-14)12-7-5-4-6-8-12/h4-11,17,20H,1-3H3,(H,21,22). The molecule has 3 aromatic rings. The van der Waals surface area contributed by atoms with Gasteiger partial charge in [-0.3, -0.25) is 0 Å². The predicted molar refractivity (Wildman–Crippen MR) is 97.1 cm³/mol. The first-order valence-electron chi connectivity index (χ1n) is 7.98. The first-order chi connectivity index (χ1) is 12.7. The van der Waals surface area contributed by atoms with Crippen LogP contribution < -0.4 is 14.2 Å². The molecule has 134 valence electrons. The van der Waals surface area contributed by atoms with Crippen LogP contribution in [0, 0.1) is 5.53 Å². The molecule has 0 aliphatic heterocycles. The van der Waals surface area contributed by atoms with E-state index in [9.17, 15) is 0 Å². The molecule has 0 fully saturated rings. The molecule has 0 aliphatic rings. The van der Waals surface area contributed by atoms with Crippen LogP contribution in [0.15, 0.2) is 53.8 Å². The largest absolute Gasteiger partial charge is 0.493 e. The van der Waals surface area contributed by atoms with Crippen molar-refractivity contribution in [3.63, 3.8) is 0 Å². The van der Waals surface area contributed by atoms with Gasteiger partial charge in [-0.15, -0.1) is 0 Å². The third-order valence-electron chi connectivity index (χ3n) is 4.07. The molecule has 26 heavy (non-hydrogen) atoms. The molecule has 0 radical (unpaired) electrons. The maximum absolute atomic E-state index is 7.67. The molecular weight excluding hydrogens is 332 g/mol. The molecule has 1 unspecified atom stereocenters. The van der Waals surface area contributed by atoms with E-state index in [1.165, 1.54) is 0 Å². The van der Waals surface area contributed by atoms with Crippen molar-refractivity contribution in [2.45, 2.75) is 6.04 Å². The topological polar surface area (TPSA) is 92.6 Å². The Morgan fingerprint density at radius 2 is 1.65 bits per heavy atom. The van der Waals surface area contributed by atoms with E-state index >= 15 is 0 Å². The number of H-pyrrole nitrogens is 1. The van der Waals surface area contributed by atoms with Crippen molar-refractivity contribution in [3.8, 4) is 28.6 Å². The van der Waals surface area contributed by atoms with Gasteiger partial charge in [0.2, 0.25) is 5.75 Å². The van der Waals surface area contributed by atoms with Gasteiger partial charge in [0.05, 0.1) is 33.2 Å². The summed E-state index contributed by atoms with van der Waals surface area (Å²) in [6.45, 7) is 0. The van der Waals surface area contributed by atoms with Crippen LogP contribution in [0.2, 0.25) is 0 Å². The SMILES string of the molecule is COc1cc(C(N=N)c2cnc(-c3ccccc3)[nH]2)cc(OC)c1OC. The van der Waals surface area contributed by atoms with Gasteiger partial charge >= 0.3 is 0 Å². The number of methoxy groups -OCH3 is 3. The van der Waals surface area contributed by atoms with Crippen molar-refractivity contribution < 1.29 is 14.2 Å². The Morgan fingerprint density at radius 3 is 2.19 bits per heavy atom. The molecule has 1 heterocycles. The molecule has 7 nitrogen and oxygen atoms in total. The monoisotopic (exact) mass is 352 g/mol. The summed E-state index contributed by atoms with van der Waals surface area (Å²) >= 11 is 0. The van der Waals surface area contributed by atoms with Crippen molar-refractivity contribution in [1.29, 1.82) is 5.53 Å². The van der Waals surface area contributed by atoms with Gasteiger partial charge in [0.15, 0.2) is 11.5 Å². The molecule has 3 rings (SSSR count). The fraction of sp³-hybridized carbons (Fsp3) is 0.211. The highest BCUT2D eigenvalue weighted by Gasteiger charge is 2.21. The summed E-state index contributed by atoms with van der Waals surface area (Å²) in [5.74, 6) is 2.25. The normalized spacial score (nSPS) is 11.7. The lowest BCUT2D eigenvalue weighted by Crippen LogP contribution is -2.02. The van der Waals surface area contributed by atoms with Crippen LogP contribution in [0.25, 0.3) is 11.4 Å². The Kier molecular flexibility index (Phi) is 5.17. The first kappa shape index (κ1) is 17.5. The number of aromatic amines is 1. The summed E-state index contributed by atoms with van der Waals surface area (Å²) in [5, 5.41) is 3.77. The van der Waals surface area contributed by atoms with E-state index in [4.69, 9.17) is 19.7 Å². The third-order valence-corrected chi connectivity index (χ3v) is 4.07. The van der Waals surface area contributed by atoms with Crippen molar-refractivity contribution in [1.82, 2.24) is 9.97 Å². The first-order valence-corrected chi connectivity index (χ1v) is 7.98. The summed E-state index contributed by atoms with van der Waals surface area (Å²) in [6.07, 6.45) is 1.69. The van der Waals surface area contributed by atoms with Crippen LogP contribution in [0.1, 0.15) is 17.3 Å². The van der Waals surface area contributed by atoms with Crippen molar-refractivity contribution in [2.75, 3.05) is 21.3 Å². The van der Waals surface area contributed by atoms with Crippen LogP contribution in [0.3, 0.4) is 0 Å². The maximum Gasteiger partial charge on any atom is 0.203 e. The molecule has 0 spiro atoms. The average molecular weight is 352 g/mol. The van der Waals surface area contributed by atoms with Crippen molar-refractivity contribution in [3.05, 3.63) is 59.9 Å². The molecule has 0 amide bonds. The van der Waals surface area contributed by atoms with E-state index < -0.39 is 6.04 Å². The Bertz CT molecular complexity index is 868. The quantitative estimate of drug-likeness (QED) is 0.623. The molecule has 0 aliphatic carbocycles. The zero-order valence-corrected chi connectivity index (χ0v) is 14.8. The summed E-state index contributed by atoms with van der Waals surface area (Å²) in [5.41, 5.74) is 10.1. The van der Waals surface area contributed by atoms with E-state index in [1.807, 2.05) is 30.3 Å². The lowest BCUT2D eigenvalue weighted by atomic mass is 10.0. The summed E-state index contributed by atoms with van der Waals surface area (Å²) < 4.78 is 16.1. The van der Waals surface area contributed by atoms with E-state index in [2.05, 4.69) is 15.1 Å². The molecule has 0 saturated carbocycles. The minimum atomic E-state index is -0.561. The Hall–Kier alpha value is -3.35. The Morgan fingerprint density at radius 1 is 1.00 bits per heavy atom. The average Bonchev–Trinajstić information content (AvgIpc) is 3.18. The van der Waals surface area contributed by atoms with Gasteiger partial charge in [-0.25, -0.2) is 10.5 Å². The fourth-order valence-corrected chi connectivity index (χ4v) is 2.80. The Labute approximate surface area is 151 Å². The van der Waals surface area contributed by atoms with E-state index in [0.29, 0.717) is 22.9 Å². The van der Waals surface area contributed by atoms with E-state index in [0.717, 1.165) is 17.0 Å². The molecule has 7 heteroatoms. The highest BCUT2D eigenvalue weighted by atomic mass is 16.5. The fourth-order valence-electron chi connectivity index (χ4n) is 2.80. The molecular formula is C19H20N4O3. The van der Waals surface area contributed by atoms with Gasteiger partial charge in [-0.2, -0.15) is 5.11 Å². The minimum Gasteiger partial charge on any atom is -0.493 e. The second-order valence-electron chi connectivity index (χ2n) is 5.54. The van der Waals surface area contributed by atoms with Crippen LogP contribution in [0.4, 0.5) is 0 Å². The molecule has 1 atom stereocenters. The number of rotatable bonds is 7. The van der Waals surface area contributed by atoms with E-state index in [1.54, 1.807) is 39.7 Å². The third kappa shape index (κ3) is 3.23. The van der Waals surface area contributed by atoms with Gasteiger partial charge in [0.25, 0.3) is 0 Å². The lowest BCUT2D eigenvalue weighted by molar-refractivity contribution is 0.323. The van der Waals surface area contributed by atoms with Gasteiger partial charge in [0, 0.05) is 5.56 Å². The maximum atomic E-state index is 7.67. The summed E-state index contributed by atoms with van der Waals surface area (Å²) in [6, 6.07) is 12.8. The second kappa shape index (κ2) is 7.69. The number of benzene rings is 2.